The van der Waals surface area contributed by atoms with Gasteiger partial charge in [-0.2, -0.15) is 0 Å². The van der Waals surface area contributed by atoms with Gasteiger partial charge < -0.3 is 10.2 Å². The van der Waals surface area contributed by atoms with Crippen molar-refractivity contribution >= 4 is 11.6 Å². The maximum atomic E-state index is 12.5. The molecule has 0 aliphatic heterocycles. The Hall–Kier alpha value is -1.58. The van der Waals surface area contributed by atoms with Crippen LogP contribution in [0, 0.1) is 0 Å². The molecule has 0 bridgehead atoms. The lowest BCUT2D eigenvalue weighted by Gasteiger charge is -2.25. The van der Waals surface area contributed by atoms with Crippen LogP contribution in [0.2, 0.25) is 0 Å². The smallest absolute Gasteiger partial charge is 0.256 e. The predicted octanol–water partition coefficient (Wildman–Crippen LogP) is 3.16. The number of rotatable bonds is 7. The standard InChI is InChI=1S/C15H25N3O/c1-5-7-12(3)18(4)15(19)13-8-10-16-11-14(13)17-9-6-2/h8,10-12,17H,5-7,9H2,1-4H3. The van der Waals surface area contributed by atoms with Crippen molar-refractivity contribution in [3.8, 4) is 0 Å². The summed E-state index contributed by atoms with van der Waals surface area (Å²) in [4.78, 5) is 18.4. The SMILES string of the molecule is CCCNc1cnccc1C(=O)N(C)C(C)CCC. The quantitative estimate of drug-likeness (QED) is 0.822. The van der Waals surface area contributed by atoms with Crippen LogP contribution in [0.15, 0.2) is 18.5 Å². The Morgan fingerprint density at radius 1 is 1.42 bits per heavy atom. The van der Waals surface area contributed by atoms with Gasteiger partial charge in [-0.25, -0.2) is 0 Å². The molecule has 1 unspecified atom stereocenters. The van der Waals surface area contributed by atoms with E-state index in [-0.39, 0.29) is 11.9 Å². The van der Waals surface area contributed by atoms with Crippen LogP contribution in [0.25, 0.3) is 0 Å². The van der Waals surface area contributed by atoms with E-state index in [1.807, 2.05) is 11.9 Å². The van der Waals surface area contributed by atoms with E-state index < -0.39 is 0 Å². The third-order valence-electron chi connectivity index (χ3n) is 3.30. The highest BCUT2D eigenvalue weighted by Gasteiger charge is 2.19. The number of aromatic nitrogens is 1. The van der Waals surface area contributed by atoms with Crippen LogP contribution >= 0.6 is 0 Å². The number of pyridine rings is 1. The molecule has 1 amide bonds. The van der Waals surface area contributed by atoms with Gasteiger partial charge in [-0.3, -0.25) is 9.78 Å². The molecule has 0 radical (unpaired) electrons. The summed E-state index contributed by atoms with van der Waals surface area (Å²) in [7, 11) is 1.87. The first-order chi connectivity index (χ1) is 9.11. The molecule has 0 fully saturated rings. The molecule has 19 heavy (non-hydrogen) atoms. The third-order valence-corrected chi connectivity index (χ3v) is 3.30. The fourth-order valence-corrected chi connectivity index (χ4v) is 1.98. The number of nitrogens with zero attached hydrogens (tertiary/aromatic N) is 2. The Labute approximate surface area is 116 Å². The molecule has 1 N–H and O–H groups in total. The number of hydrogen-bond donors (Lipinski definition) is 1. The average Bonchev–Trinajstić information content (AvgIpc) is 2.44. The lowest BCUT2D eigenvalue weighted by Crippen LogP contribution is -2.35. The zero-order valence-electron chi connectivity index (χ0n) is 12.4. The summed E-state index contributed by atoms with van der Waals surface area (Å²) in [5.41, 5.74) is 1.53. The average molecular weight is 263 g/mol. The second-order valence-electron chi connectivity index (χ2n) is 4.90. The fourth-order valence-electron chi connectivity index (χ4n) is 1.98. The van der Waals surface area contributed by atoms with Crippen molar-refractivity contribution in [2.75, 3.05) is 18.9 Å². The van der Waals surface area contributed by atoms with E-state index in [9.17, 15) is 4.79 Å². The molecule has 106 valence electrons. The van der Waals surface area contributed by atoms with E-state index in [2.05, 4.69) is 31.1 Å². The molecule has 0 aliphatic rings. The minimum atomic E-state index is 0.0574. The Kier molecular flexibility index (Phi) is 6.33. The lowest BCUT2D eigenvalue weighted by atomic mass is 10.1. The van der Waals surface area contributed by atoms with Crippen LogP contribution in [0.4, 0.5) is 5.69 Å². The van der Waals surface area contributed by atoms with Gasteiger partial charge in [0, 0.05) is 25.8 Å². The molecule has 1 atom stereocenters. The van der Waals surface area contributed by atoms with Gasteiger partial charge in [0.05, 0.1) is 17.4 Å². The van der Waals surface area contributed by atoms with Crippen molar-refractivity contribution in [2.45, 2.75) is 46.1 Å². The number of nitrogens with one attached hydrogen (secondary N) is 1. The number of carbonyl (C=O) groups is 1. The van der Waals surface area contributed by atoms with Crippen molar-refractivity contribution < 1.29 is 4.79 Å². The first kappa shape index (κ1) is 15.5. The highest BCUT2D eigenvalue weighted by molar-refractivity contribution is 5.99. The summed E-state index contributed by atoms with van der Waals surface area (Å²) in [6.45, 7) is 7.16. The number of amides is 1. The van der Waals surface area contributed by atoms with E-state index in [1.54, 1.807) is 18.5 Å². The van der Waals surface area contributed by atoms with Gasteiger partial charge >= 0.3 is 0 Å². The molecule has 4 heteroatoms. The number of carbonyl (C=O) groups excluding carboxylic acids is 1. The Bertz CT molecular complexity index is 406. The molecule has 0 saturated heterocycles. The molecule has 4 nitrogen and oxygen atoms in total. The van der Waals surface area contributed by atoms with Crippen molar-refractivity contribution in [1.29, 1.82) is 0 Å². The van der Waals surface area contributed by atoms with E-state index in [1.165, 1.54) is 0 Å². The number of hydrogen-bond acceptors (Lipinski definition) is 3. The van der Waals surface area contributed by atoms with Crippen LogP contribution < -0.4 is 5.32 Å². The van der Waals surface area contributed by atoms with E-state index >= 15 is 0 Å². The Morgan fingerprint density at radius 2 is 2.16 bits per heavy atom. The van der Waals surface area contributed by atoms with Crippen molar-refractivity contribution in [1.82, 2.24) is 9.88 Å². The zero-order valence-corrected chi connectivity index (χ0v) is 12.4. The summed E-state index contributed by atoms with van der Waals surface area (Å²) < 4.78 is 0. The van der Waals surface area contributed by atoms with Gasteiger partial charge in [0.15, 0.2) is 0 Å². The van der Waals surface area contributed by atoms with E-state index in [4.69, 9.17) is 0 Å². The van der Waals surface area contributed by atoms with Crippen molar-refractivity contribution in [2.24, 2.45) is 0 Å². The van der Waals surface area contributed by atoms with Crippen LogP contribution in [0.5, 0.6) is 0 Å². The third kappa shape index (κ3) is 4.23. The van der Waals surface area contributed by atoms with Crippen molar-refractivity contribution in [3.05, 3.63) is 24.0 Å². The van der Waals surface area contributed by atoms with Gasteiger partial charge in [0.1, 0.15) is 0 Å². The second-order valence-corrected chi connectivity index (χ2v) is 4.90. The largest absolute Gasteiger partial charge is 0.383 e. The Balaban J connectivity index is 2.86. The summed E-state index contributed by atoms with van der Waals surface area (Å²) >= 11 is 0. The molecule has 1 aromatic heterocycles. The summed E-state index contributed by atoms with van der Waals surface area (Å²) in [6, 6.07) is 2.04. The summed E-state index contributed by atoms with van der Waals surface area (Å²) in [6.07, 6.45) is 6.51. The van der Waals surface area contributed by atoms with E-state index in [0.717, 1.165) is 31.5 Å². The minimum absolute atomic E-state index is 0.0574. The maximum Gasteiger partial charge on any atom is 0.256 e. The Morgan fingerprint density at radius 3 is 2.79 bits per heavy atom. The fraction of sp³-hybridized carbons (Fsp3) is 0.600. The molecule has 0 aromatic carbocycles. The molecule has 1 rings (SSSR count). The molecule has 1 aromatic rings. The molecule has 0 spiro atoms. The summed E-state index contributed by atoms with van der Waals surface area (Å²) in [5, 5.41) is 3.26. The van der Waals surface area contributed by atoms with Crippen LogP contribution in [-0.2, 0) is 0 Å². The molecule has 0 saturated carbocycles. The molecular formula is C15H25N3O. The second kappa shape index (κ2) is 7.77. The van der Waals surface area contributed by atoms with Gasteiger partial charge in [-0.05, 0) is 25.8 Å². The highest BCUT2D eigenvalue weighted by Crippen LogP contribution is 2.17. The lowest BCUT2D eigenvalue weighted by molar-refractivity contribution is 0.0737. The first-order valence-electron chi connectivity index (χ1n) is 7.06. The topological polar surface area (TPSA) is 45.2 Å². The molecule has 0 aliphatic carbocycles. The van der Waals surface area contributed by atoms with Crippen LogP contribution in [0.1, 0.15) is 50.4 Å². The molecular weight excluding hydrogens is 238 g/mol. The summed E-state index contributed by atoms with van der Waals surface area (Å²) in [5.74, 6) is 0.0574. The zero-order chi connectivity index (χ0) is 14.3. The van der Waals surface area contributed by atoms with Gasteiger partial charge in [0.2, 0.25) is 0 Å². The van der Waals surface area contributed by atoms with Gasteiger partial charge in [0.25, 0.3) is 5.91 Å². The normalized spacial score (nSPS) is 12.0. The first-order valence-corrected chi connectivity index (χ1v) is 7.06. The molecule has 1 heterocycles. The van der Waals surface area contributed by atoms with E-state index in [0.29, 0.717) is 5.56 Å². The van der Waals surface area contributed by atoms with Crippen LogP contribution in [0.3, 0.4) is 0 Å². The van der Waals surface area contributed by atoms with Gasteiger partial charge in [-0.15, -0.1) is 0 Å². The highest BCUT2D eigenvalue weighted by atomic mass is 16.2. The maximum absolute atomic E-state index is 12.5. The number of anilines is 1. The van der Waals surface area contributed by atoms with Crippen molar-refractivity contribution in [3.63, 3.8) is 0 Å². The van der Waals surface area contributed by atoms with Gasteiger partial charge in [-0.1, -0.05) is 20.3 Å². The predicted molar refractivity (Wildman–Crippen MR) is 79.5 cm³/mol. The minimum Gasteiger partial charge on any atom is -0.383 e. The van der Waals surface area contributed by atoms with Crippen LogP contribution in [-0.4, -0.2) is 35.4 Å². The monoisotopic (exact) mass is 263 g/mol.